The van der Waals surface area contributed by atoms with E-state index in [0.717, 1.165) is 39.4 Å². The van der Waals surface area contributed by atoms with Gasteiger partial charge in [-0.05, 0) is 155 Å². The van der Waals surface area contributed by atoms with Crippen LogP contribution in [0.4, 0.5) is 34.1 Å². The van der Waals surface area contributed by atoms with E-state index in [4.69, 9.17) is 15.0 Å². The number of anilines is 6. The van der Waals surface area contributed by atoms with Gasteiger partial charge in [-0.15, -0.1) is 0 Å². The molecule has 3 heterocycles. The van der Waals surface area contributed by atoms with Crippen molar-refractivity contribution in [3.63, 3.8) is 0 Å². The molecule has 8 aromatic rings. The average molecular weight is 988 g/mol. The third-order valence-corrected chi connectivity index (χ3v) is 15.6. The van der Waals surface area contributed by atoms with Crippen molar-refractivity contribution < 1.29 is 0 Å². The molecule has 2 aliphatic heterocycles. The van der Waals surface area contributed by atoms with Gasteiger partial charge in [-0.3, -0.25) is 0 Å². The summed E-state index contributed by atoms with van der Waals surface area (Å²) < 4.78 is 0. The maximum absolute atomic E-state index is 5.65. The molecule has 0 atom stereocenters. The van der Waals surface area contributed by atoms with Crippen LogP contribution in [-0.2, 0) is 32.5 Å². The minimum atomic E-state index is -0.106. The highest BCUT2D eigenvalue weighted by molar-refractivity contribution is 7.00. The van der Waals surface area contributed by atoms with E-state index < -0.39 is 0 Å². The molecule has 0 amide bonds. The fraction of sp³-hybridized carbons (Fsp3) is 0.348. The Bertz CT molecular complexity index is 3200. The molecular formula is C69H78BN5. The first-order valence-corrected chi connectivity index (χ1v) is 27.2. The van der Waals surface area contributed by atoms with Gasteiger partial charge in [0.1, 0.15) is 0 Å². The Hall–Kier alpha value is -6.79. The van der Waals surface area contributed by atoms with E-state index in [1.54, 1.807) is 0 Å². The normalized spacial score (nSPS) is 13.9. The van der Waals surface area contributed by atoms with E-state index in [1.165, 1.54) is 61.1 Å². The number of para-hydroxylation sites is 2. The number of hydrogen-bond acceptors (Lipinski definition) is 5. The van der Waals surface area contributed by atoms with Crippen molar-refractivity contribution in [2.45, 2.75) is 157 Å². The quantitative estimate of drug-likeness (QED) is 0.161. The van der Waals surface area contributed by atoms with Gasteiger partial charge in [0, 0.05) is 50.8 Å². The Kier molecular flexibility index (Phi) is 12.4. The Morgan fingerprint density at radius 1 is 0.293 bits per heavy atom. The van der Waals surface area contributed by atoms with E-state index in [0.29, 0.717) is 17.5 Å². The highest BCUT2D eigenvalue weighted by atomic mass is 15.2. The summed E-state index contributed by atoms with van der Waals surface area (Å²) in [6.45, 7) is 41.2. The molecule has 2 aliphatic rings. The van der Waals surface area contributed by atoms with E-state index in [2.05, 4.69) is 280 Å². The molecule has 0 saturated heterocycles. The van der Waals surface area contributed by atoms with Crippen LogP contribution in [0.1, 0.15) is 158 Å². The Balaban J connectivity index is 1.32. The third kappa shape index (κ3) is 9.75. The summed E-state index contributed by atoms with van der Waals surface area (Å²) >= 11 is 0. The molecule has 0 unspecified atom stereocenters. The third-order valence-electron chi connectivity index (χ3n) is 15.6. The first-order valence-electron chi connectivity index (χ1n) is 27.2. The van der Waals surface area contributed by atoms with Crippen LogP contribution in [0, 0.1) is 0 Å². The molecule has 0 radical (unpaired) electrons. The second kappa shape index (κ2) is 17.9. The van der Waals surface area contributed by atoms with Crippen LogP contribution < -0.4 is 26.2 Å². The van der Waals surface area contributed by atoms with E-state index >= 15 is 0 Å². The molecule has 0 aliphatic carbocycles. The molecule has 75 heavy (non-hydrogen) atoms. The number of hydrogen-bond donors (Lipinski definition) is 0. The number of fused-ring (bicyclic) bond motifs is 4. The SMILES string of the molecule is CC(C)(C)c1ccc(N2c3ccccc3B3c4ccccc4N(c4ccc(C(C)(C)C)cc4)c4cc(-c5nc(-c6cc(C(C)(C)C)cc(C(C)(C)C)c6)nc(-c6cc(C(C)(C)C)cc(C(C)(C)C)c6)n5)cc2c43)cc1. The van der Waals surface area contributed by atoms with Crippen LogP contribution >= 0.6 is 0 Å². The lowest BCUT2D eigenvalue weighted by molar-refractivity contribution is 0.568. The van der Waals surface area contributed by atoms with Crippen molar-refractivity contribution in [3.8, 4) is 34.2 Å². The van der Waals surface area contributed by atoms with Gasteiger partial charge >= 0.3 is 0 Å². The summed E-state index contributed by atoms with van der Waals surface area (Å²) in [6, 6.07) is 55.2. The van der Waals surface area contributed by atoms with Crippen LogP contribution in [0.5, 0.6) is 0 Å². The van der Waals surface area contributed by atoms with Gasteiger partial charge < -0.3 is 9.80 Å². The van der Waals surface area contributed by atoms with Gasteiger partial charge in [0.05, 0.1) is 0 Å². The van der Waals surface area contributed by atoms with Gasteiger partial charge in [-0.1, -0.05) is 197 Å². The lowest BCUT2D eigenvalue weighted by Crippen LogP contribution is -2.61. The van der Waals surface area contributed by atoms with Crippen LogP contribution in [0.25, 0.3) is 34.2 Å². The molecule has 5 nitrogen and oxygen atoms in total. The second-order valence-electron chi connectivity index (χ2n) is 27.6. The molecule has 0 bridgehead atoms. The van der Waals surface area contributed by atoms with Gasteiger partial charge in [-0.25, -0.2) is 15.0 Å². The molecule has 0 saturated carbocycles. The highest BCUT2D eigenvalue weighted by Crippen LogP contribution is 2.47. The van der Waals surface area contributed by atoms with Crippen molar-refractivity contribution in [2.24, 2.45) is 0 Å². The molecule has 382 valence electrons. The van der Waals surface area contributed by atoms with Crippen molar-refractivity contribution in [3.05, 3.63) is 179 Å². The Morgan fingerprint density at radius 2 is 0.573 bits per heavy atom. The summed E-state index contributed by atoms with van der Waals surface area (Å²) in [5.41, 5.74) is 20.6. The monoisotopic (exact) mass is 988 g/mol. The van der Waals surface area contributed by atoms with Crippen molar-refractivity contribution in [2.75, 3.05) is 9.80 Å². The zero-order valence-electron chi connectivity index (χ0n) is 48.2. The average Bonchev–Trinajstić information content (AvgIpc) is 3.34. The molecule has 0 spiro atoms. The van der Waals surface area contributed by atoms with Crippen molar-refractivity contribution >= 4 is 57.2 Å². The number of nitrogens with zero attached hydrogens (tertiary/aromatic N) is 5. The Morgan fingerprint density at radius 3 is 0.867 bits per heavy atom. The van der Waals surface area contributed by atoms with Gasteiger partial charge in [0.25, 0.3) is 6.71 Å². The molecule has 6 heteroatoms. The number of rotatable bonds is 5. The smallest absolute Gasteiger partial charge is 0.252 e. The standard InChI is InChI=1S/C69H78BN5/c1-64(2,3)46-27-31-52(32-28-46)74-56-25-21-19-23-54(56)70-55-24-20-22-26-57(55)75(53-33-29-47(30-34-53)65(4,5)6)59-40-45(39-58(74)60(59)70)63-72-61(43-35-48(66(7,8)9)41-49(36-43)67(10,11)12)71-62(73-63)44-37-50(68(13,14)15)42-51(38-44)69(16,17)18/h19-42H,1-18H3. The molecule has 0 N–H and O–H groups in total. The minimum Gasteiger partial charge on any atom is -0.311 e. The van der Waals surface area contributed by atoms with Crippen LogP contribution in [-0.4, -0.2) is 21.7 Å². The fourth-order valence-electron chi connectivity index (χ4n) is 10.8. The summed E-state index contributed by atoms with van der Waals surface area (Å²) in [5, 5.41) is 0. The van der Waals surface area contributed by atoms with Crippen LogP contribution in [0.15, 0.2) is 146 Å². The maximum Gasteiger partial charge on any atom is 0.252 e. The lowest BCUT2D eigenvalue weighted by Gasteiger charge is -2.44. The van der Waals surface area contributed by atoms with Crippen LogP contribution in [0.3, 0.4) is 0 Å². The first kappa shape index (κ1) is 51.7. The number of aromatic nitrogens is 3. The predicted octanol–water partition coefficient (Wildman–Crippen LogP) is 16.7. The molecule has 1 aromatic heterocycles. The molecule has 7 aromatic carbocycles. The predicted molar refractivity (Wildman–Crippen MR) is 322 cm³/mol. The zero-order valence-corrected chi connectivity index (χ0v) is 48.2. The summed E-state index contributed by atoms with van der Waals surface area (Å²) in [4.78, 5) is 21.8. The number of benzene rings is 7. The highest BCUT2D eigenvalue weighted by Gasteiger charge is 2.44. The van der Waals surface area contributed by atoms with Crippen molar-refractivity contribution in [1.29, 1.82) is 0 Å². The van der Waals surface area contributed by atoms with Crippen molar-refractivity contribution in [1.82, 2.24) is 15.0 Å². The second-order valence-corrected chi connectivity index (χ2v) is 27.6. The fourth-order valence-corrected chi connectivity index (χ4v) is 10.8. The Labute approximate surface area is 450 Å². The first-order chi connectivity index (χ1) is 34.9. The maximum atomic E-state index is 5.65. The lowest BCUT2D eigenvalue weighted by atomic mass is 9.33. The summed E-state index contributed by atoms with van der Waals surface area (Å²) in [5.74, 6) is 1.95. The van der Waals surface area contributed by atoms with E-state index in [-0.39, 0.29) is 39.2 Å². The topological polar surface area (TPSA) is 45.2 Å². The summed E-state index contributed by atoms with van der Waals surface area (Å²) in [7, 11) is 0. The van der Waals surface area contributed by atoms with Crippen LogP contribution in [0.2, 0.25) is 0 Å². The molecule has 0 fully saturated rings. The van der Waals surface area contributed by atoms with E-state index in [9.17, 15) is 0 Å². The van der Waals surface area contributed by atoms with Gasteiger partial charge in [0.2, 0.25) is 0 Å². The summed E-state index contributed by atoms with van der Waals surface area (Å²) in [6.07, 6.45) is 0. The van der Waals surface area contributed by atoms with E-state index in [1.807, 2.05) is 0 Å². The zero-order chi connectivity index (χ0) is 53.9. The van der Waals surface area contributed by atoms with Gasteiger partial charge in [0.15, 0.2) is 17.5 Å². The molecule has 10 rings (SSSR count). The van der Waals surface area contributed by atoms with Gasteiger partial charge in [-0.2, -0.15) is 0 Å². The minimum absolute atomic E-state index is 0.00342. The molecular weight excluding hydrogens is 910 g/mol. The largest absolute Gasteiger partial charge is 0.311 e.